The zero-order valence-corrected chi connectivity index (χ0v) is 20.5. The van der Waals surface area contributed by atoms with E-state index in [1.165, 1.54) is 5.56 Å². The Hall–Kier alpha value is -2.29. The van der Waals surface area contributed by atoms with Crippen molar-refractivity contribution in [1.82, 2.24) is 16.0 Å². The summed E-state index contributed by atoms with van der Waals surface area (Å²) in [5.74, 6) is 2.00. The Labute approximate surface area is 196 Å². The highest BCUT2D eigenvalue weighted by Crippen LogP contribution is 2.21. The Kier molecular flexibility index (Phi) is 11.9. The van der Waals surface area contributed by atoms with Gasteiger partial charge in [0.25, 0.3) is 5.91 Å². The minimum atomic E-state index is -0.0515. The molecule has 0 aliphatic heterocycles. The van der Waals surface area contributed by atoms with Gasteiger partial charge >= 0.3 is 0 Å². The summed E-state index contributed by atoms with van der Waals surface area (Å²) in [7, 11) is 3.44. The standard InChI is InChI=1S/C23H32N4O2.HI/c1-5-25-22(28)20-8-6-7-18(15-20)16-27-23(24-3)26-14-13-17(2)19-9-11-21(29-4)12-10-19;/h6-12,15,17H,5,13-14,16H2,1-4H3,(H,25,28)(H2,24,26,27);1H. The summed E-state index contributed by atoms with van der Waals surface area (Å²) in [5.41, 5.74) is 2.99. The molecule has 2 aromatic rings. The molecule has 1 unspecified atom stereocenters. The van der Waals surface area contributed by atoms with Crippen LogP contribution in [0.15, 0.2) is 53.5 Å². The first-order chi connectivity index (χ1) is 14.1. The number of methoxy groups -OCH3 is 1. The van der Waals surface area contributed by atoms with E-state index in [-0.39, 0.29) is 29.9 Å². The second-order valence-electron chi connectivity index (χ2n) is 6.88. The average Bonchev–Trinajstić information content (AvgIpc) is 2.76. The van der Waals surface area contributed by atoms with E-state index in [2.05, 4.69) is 40.0 Å². The van der Waals surface area contributed by atoms with Gasteiger partial charge in [0.05, 0.1) is 7.11 Å². The molecular formula is C23H33IN4O2. The third kappa shape index (κ3) is 8.22. The van der Waals surface area contributed by atoms with E-state index in [9.17, 15) is 4.79 Å². The van der Waals surface area contributed by atoms with Crippen molar-refractivity contribution in [2.24, 2.45) is 4.99 Å². The van der Waals surface area contributed by atoms with Crippen LogP contribution in [0.2, 0.25) is 0 Å². The molecule has 0 fully saturated rings. The average molecular weight is 524 g/mol. The largest absolute Gasteiger partial charge is 0.497 e. The van der Waals surface area contributed by atoms with Gasteiger partial charge in [-0.05, 0) is 54.7 Å². The van der Waals surface area contributed by atoms with Crippen molar-refractivity contribution in [2.75, 3.05) is 27.2 Å². The molecule has 0 aliphatic carbocycles. The number of aliphatic imine (C=N–C) groups is 1. The van der Waals surface area contributed by atoms with Crippen LogP contribution in [-0.4, -0.2) is 39.1 Å². The van der Waals surface area contributed by atoms with Crippen molar-refractivity contribution in [3.63, 3.8) is 0 Å². The number of carbonyl (C=O) groups excluding carboxylic acids is 1. The fourth-order valence-corrected chi connectivity index (χ4v) is 3.00. The molecular weight excluding hydrogens is 491 g/mol. The number of ether oxygens (including phenoxy) is 1. The molecule has 7 heteroatoms. The van der Waals surface area contributed by atoms with Gasteiger partial charge in [-0.2, -0.15) is 0 Å². The summed E-state index contributed by atoms with van der Waals surface area (Å²) in [6, 6.07) is 15.8. The first-order valence-electron chi connectivity index (χ1n) is 10.0. The van der Waals surface area contributed by atoms with E-state index in [1.807, 2.05) is 43.3 Å². The van der Waals surface area contributed by atoms with Crippen molar-refractivity contribution >= 4 is 35.8 Å². The predicted octanol–water partition coefficient (Wildman–Crippen LogP) is 3.92. The molecule has 0 spiro atoms. The fourth-order valence-electron chi connectivity index (χ4n) is 3.00. The number of rotatable bonds is 9. The normalized spacial score (nSPS) is 11.8. The number of benzene rings is 2. The van der Waals surface area contributed by atoms with Crippen LogP contribution >= 0.6 is 24.0 Å². The molecule has 0 saturated carbocycles. The number of halogens is 1. The molecule has 30 heavy (non-hydrogen) atoms. The number of hydrogen-bond donors (Lipinski definition) is 3. The fraction of sp³-hybridized carbons (Fsp3) is 0.391. The third-order valence-corrected chi connectivity index (χ3v) is 4.76. The zero-order chi connectivity index (χ0) is 21.1. The van der Waals surface area contributed by atoms with E-state index in [1.54, 1.807) is 14.2 Å². The molecule has 2 rings (SSSR count). The molecule has 0 aromatic heterocycles. The Balaban J connectivity index is 0.00000450. The monoisotopic (exact) mass is 524 g/mol. The number of carbonyl (C=O) groups is 1. The second kappa shape index (κ2) is 13.8. The van der Waals surface area contributed by atoms with Gasteiger partial charge in [-0.15, -0.1) is 24.0 Å². The van der Waals surface area contributed by atoms with Gasteiger partial charge in [-0.3, -0.25) is 9.79 Å². The van der Waals surface area contributed by atoms with E-state index >= 15 is 0 Å². The molecule has 1 amide bonds. The Bertz CT molecular complexity index is 809. The zero-order valence-electron chi connectivity index (χ0n) is 18.2. The lowest BCUT2D eigenvalue weighted by atomic mass is 9.98. The number of amides is 1. The topological polar surface area (TPSA) is 74.8 Å². The van der Waals surface area contributed by atoms with Crippen LogP contribution in [0.1, 0.15) is 47.7 Å². The number of nitrogens with zero attached hydrogens (tertiary/aromatic N) is 1. The molecule has 1 atom stereocenters. The smallest absolute Gasteiger partial charge is 0.251 e. The molecule has 0 aliphatic rings. The van der Waals surface area contributed by atoms with Crippen LogP contribution in [0.4, 0.5) is 0 Å². The van der Waals surface area contributed by atoms with Crippen LogP contribution in [0, 0.1) is 0 Å². The maximum atomic E-state index is 12.0. The number of guanidine groups is 1. The molecule has 0 radical (unpaired) electrons. The highest BCUT2D eigenvalue weighted by atomic mass is 127. The van der Waals surface area contributed by atoms with Crippen molar-refractivity contribution in [3.05, 3.63) is 65.2 Å². The Morgan fingerprint density at radius 1 is 1.10 bits per heavy atom. The lowest BCUT2D eigenvalue weighted by Crippen LogP contribution is -2.37. The van der Waals surface area contributed by atoms with Gasteiger partial charge in [0, 0.05) is 32.2 Å². The first kappa shape index (κ1) is 25.7. The van der Waals surface area contributed by atoms with E-state index in [0.717, 1.165) is 30.2 Å². The van der Waals surface area contributed by atoms with Gasteiger partial charge < -0.3 is 20.7 Å². The summed E-state index contributed by atoms with van der Waals surface area (Å²) < 4.78 is 5.21. The summed E-state index contributed by atoms with van der Waals surface area (Å²) in [6.45, 7) is 6.15. The summed E-state index contributed by atoms with van der Waals surface area (Å²) >= 11 is 0. The van der Waals surface area contributed by atoms with E-state index in [4.69, 9.17) is 4.74 Å². The van der Waals surface area contributed by atoms with Crippen LogP contribution in [0.25, 0.3) is 0 Å². The molecule has 0 saturated heterocycles. The van der Waals surface area contributed by atoms with Gasteiger partial charge in [0.15, 0.2) is 5.96 Å². The first-order valence-corrected chi connectivity index (χ1v) is 10.0. The van der Waals surface area contributed by atoms with Gasteiger partial charge in [0.1, 0.15) is 5.75 Å². The van der Waals surface area contributed by atoms with E-state index < -0.39 is 0 Å². The quantitative estimate of drug-likeness (QED) is 0.264. The maximum Gasteiger partial charge on any atom is 0.251 e. The summed E-state index contributed by atoms with van der Waals surface area (Å²) in [4.78, 5) is 16.3. The van der Waals surface area contributed by atoms with Gasteiger partial charge in [-0.1, -0.05) is 31.2 Å². The van der Waals surface area contributed by atoms with Crippen LogP contribution in [-0.2, 0) is 6.54 Å². The highest BCUT2D eigenvalue weighted by molar-refractivity contribution is 14.0. The lowest BCUT2D eigenvalue weighted by Gasteiger charge is -2.16. The molecule has 164 valence electrons. The molecule has 6 nitrogen and oxygen atoms in total. The van der Waals surface area contributed by atoms with Crippen molar-refractivity contribution < 1.29 is 9.53 Å². The van der Waals surface area contributed by atoms with Gasteiger partial charge in [0.2, 0.25) is 0 Å². The van der Waals surface area contributed by atoms with Crippen LogP contribution < -0.4 is 20.7 Å². The van der Waals surface area contributed by atoms with Crippen LogP contribution in [0.5, 0.6) is 5.75 Å². The predicted molar refractivity (Wildman–Crippen MR) is 134 cm³/mol. The number of nitrogens with one attached hydrogen (secondary N) is 3. The van der Waals surface area contributed by atoms with Crippen LogP contribution in [0.3, 0.4) is 0 Å². The Morgan fingerprint density at radius 3 is 2.47 bits per heavy atom. The molecule has 3 N–H and O–H groups in total. The van der Waals surface area contributed by atoms with Crippen molar-refractivity contribution in [2.45, 2.75) is 32.7 Å². The lowest BCUT2D eigenvalue weighted by molar-refractivity contribution is 0.0955. The SMILES string of the molecule is CCNC(=O)c1cccc(CNC(=NC)NCCC(C)c2ccc(OC)cc2)c1.I. The molecule has 2 aromatic carbocycles. The molecule has 0 bridgehead atoms. The number of hydrogen-bond acceptors (Lipinski definition) is 3. The minimum absolute atomic E-state index is 0. The highest BCUT2D eigenvalue weighted by Gasteiger charge is 2.07. The summed E-state index contributed by atoms with van der Waals surface area (Å²) in [6.07, 6.45) is 0.986. The summed E-state index contributed by atoms with van der Waals surface area (Å²) in [5, 5.41) is 9.48. The van der Waals surface area contributed by atoms with Crippen molar-refractivity contribution in [1.29, 1.82) is 0 Å². The third-order valence-electron chi connectivity index (χ3n) is 4.76. The second-order valence-corrected chi connectivity index (χ2v) is 6.88. The minimum Gasteiger partial charge on any atom is -0.497 e. The van der Waals surface area contributed by atoms with Gasteiger partial charge in [-0.25, -0.2) is 0 Å². The maximum absolute atomic E-state index is 12.0. The van der Waals surface area contributed by atoms with E-state index in [0.29, 0.717) is 24.6 Å². The Morgan fingerprint density at radius 2 is 1.83 bits per heavy atom. The molecule has 0 heterocycles. The van der Waals surface area contributed by atoms with Crippen molar-refractivity contribution in [3.8, 4) is 5.75 Å².